The number of nitrogens with one attached hydrogen (secondary N) is 2. The summed E-state index contributed by atoms with van der Waals surface area (Å²) in [5.41, 5.74) is 2.26. The van der Waals surface area contributed by atoms with E-state index < -0.39 is 0 Å². The number of alkyl halides is 1. The maximum atomic E-state index is 11.9. The summed E-state index contributed by atoms with van der Waals surface area (Å²) in [5, 5.41) is 3.57. The van der Waals surface area contributed by atoms with Crippen molar-refractivity contribution in [3.63, 3.8) is 0 Å². The van der Waals surface area contributed by atoms with E-state index >= 15 is 0 Å². The van der Waals surface area contributed by atoms with Crippen molar-refractivity contribution in [1.82, 2.24) is 10.3 Å². The molecule has 2 rings (SSSR count). The van der Waals surface area contributed by atoms with Gasteiger partial charge >= 0.3 is 0 Å². The maximum absolute atomic E-state index is 11.9. The Morgan fingerprint density at radius 2 is 2.00 bits per heavy atom. The highest BCUT2D eigenvalue weighted by molar-refractivity contribution is 9.08. The standard InChI is InChI=1S/C14H13BrN2O2/c15-8-10-2-1-3-11(6-10)9-17-14(19)12-4-5-16-13(18)7-12/h1-7H,8-9H2,(H,16,18)(H,17,19). The van der Waals surface area contributed by atoms with Crippen LogP contribution in [-0.2, 0) is 11.9 Å². The lowest BCUT2D eigenvalue weighted by Gasteiger charge is -2.06. The van der Waals surface area contributed by atoms with Crippen LogP contribution in [0.2, 0.25) is 0 Å². The van der Waals surface area contributed by atoms with Gasteiger partial charge in [0.15, 0.2) is 0 Å². The van der Waals surface area contributed by atoms with E-state index in [9.17, 15) is 9.59 Å². The van der Waals surface area contributed by atoms with E-state index in [0.717, 1.165) is 16.5 Å². The van der Waals surface area contributed by atoms with Crippen LogP contribution < -0.4 is 10.9 Å². The molecule has 2 N–H and O–H groups in total. The summed E-state index contributed by atoms with van der Waals surface area (Å²) in [4.78, 5) is 25.4. The highest BCUT2D eigenvalue weighted by Crippen LogP contribution is 2.08. The molecule has 1 amide bonds. The molecule has 0 fully saturated rings. The van der Waals surface area contributed by atoms with Crippen LogP contribution >= 0.6 is 15.9 Å². The predicted octanol–water partition coefficient (Wildman–Crippen LogP) is 2.20. The molecule has 4 nitrogen and oxygen atoms in total. The number of hydrogen-bond acceptors (Lipinski definition) is 2. The van der Waals surface area contributed by atoms with Crippen molar-refractivity contribution in [2.45, 2.75) is 11.9 Å². The minimum atomic E-state index is -0.283. The lowest BCUT2D eigenvalue weighted by molar-refractivity contribution is 0.0950. The third-order valence-electron chi connectivity index (χ3n) is 2.64. The number of hydrogen-bond donors (Lipinski definition) is 2. The first-order valence-corrected chi connectivity index (χ1v) is 6.92. The second kappa shape index (κ2) is 6.33. The van der Waals surface area contributed by atoms with Gasteiger partial charge in [-0.25, -0.2) is 0 Å². The molecule has 1 aromatic heterocycles. The zero-order chi connectivity index (χ0) is 13.7. The average Bonchev–Trinajstić information content (AvgIpc) is 2.45. The largest absolute Gasteiger partial charge is 0.348 e. The fraction of sp³-hybridized carbons (Fsp3) is 0.143. The number of amides is 1. The van der Waals surface area contributed by atoms with Crippen LogP contribution in [0.1, 0.15) is 21.5 Å². The molecule has 98 valence electrons. The second-order valence-corrected chi connectivity index (χ2v) is 4.64. The molecule has 5 heteroatoms. The first-order valence-electron chi connectivity index (χ1n) is 5.80. The van der Waals surface area contributed by atoms with Crippen LogP contribution in [0, 0.1) is 0 Å². The quantitative estimate of drug-likeness (QED) is 0.848. The molecule has 0 atom stereocenters. The first kappa shape index (κ1) is 13.5. The highest BCUT2D eigenvalue weighted by atomic mass is 79.9. The van der Waals surface area contributed by atoms with Crippen molar-refractivity contribution >= 4 is 21.8 Å². The van der Waals surface area contributed by atoms with Gasteiger partial charge in [0.2, 0.25) is 5.56 Å². The van der Waals surface area contributed by atoms with E-state index in [-0.39, 0.29) is 11.5 Å². The van der Waals surface area contributed by atoms with Crippen molar-refractivity contribution in [1.29, 1.82) is 0 Å². The summed E-state index contributed by atoms with van der Waals surface area (Å²) in [7, 11) is 0. The number of carbonyl (C=O) groups excluding carboxylic acids is 1. The van der Waals surface area contributed by atoms with Gasteiger partial charge in [0.25, 0.3) is 5.91 Å². The molecular formula is C14H13BrN2O2. The van der Waals surface area contributed by atoms with Crippen molar-refractivity contribution in [3.8, 4) is 0 Å². The Morgan fingerprint density at radius 1 is 1.21 bits per heavy atom. The molecule has 0 aliphatic rings. The van der Waals surface area contributed by atoms with E-state index in [1.54, 1.807) is 6.07 Å². The SMILES string of the molecule is O=C(NCc1cccc(CBr)c1)c1cc[nH]c(=O)c1. The van der Waals surface area contributed by atoms with E-state index in [2.05, 4.69) is 26.2 Å². The number of benzene rings is 1. The lowest BCUT2D eigenvalue weighted by atomic mass is 10.1. The van der Waals surface area contributed by atoms with E-state index in [1.807, 2.05) is 24.3 Å². The van der Waals surface area contributed by atoms with Gasteiger partial charge in [-0.05, 0) is 17.2 Å². The molecule has 2 aromatic rings. The van der Waals surface area contributed by atoms with Crippen LogP contribution in [-0.4, -0.2) is 10.9 Å². The van der Waals surface area contributed by atoms with Crippen LogP contribution in [0.4, 0.5) is 0 Å². The first-order chi connectivity index (χ1) is 9.19. The number of pyridine rings is 1. The van der Waals surface area contributed by atoms with Gasteiger partial charge in [0.1, 0.15) is 0 Å². The van der Waals surface area contributed by atoms with Crippen molar-refractivity contribution in [2.75, 3.05) is 0 Å². The molecule has 0 aliphatic carbocycles. The predicted molar refractivity (Wildman–Crippen MR) is 77.3 cm³/mol. The smallest absolute Gasteiger partial charge is 0.251 e. The Hall–Kier alpha value is -1.88. The molecule has 0 radical (unpaired) electrons. The minimum Gasteiger partial charge on any atom is -0.348 e. The fourth-order valence-corrected chi connectivity index (χ4v) is 2.04. The normalized spacial score (nSPS) is 10.2. The van der Waals surface area contributed by atoms with Gasteiger partial charge < -0.3 is 10.3 Å². The van der Waals surface area contributed by atoms with Gasteiger partial charge in [0, 0.05) is 29.7 Å². The molecule has 1 heterocycles. The number of carbonyl (C=O) groups is 1. The summed E-state index contributed by atoms with van der Waals surface area (Å²) >= 11 is 3.39. The van der Waals surface area contributed by atoms with E-state index in [4.69, 9.17) is 0 Å². The highest BCUT2D eigenvalue weighted by Gasteiger charge is 2.05. The number of rotatable bonds is 4. The topological polar surface area (TPSA) is 62.0 Å². The third kappa shape index (κ3) is 3.79. The Labute approximate surface area is 119 Å². The molecule has 0 saturated heterocycles. The zero-order valence-corrected chi connectivity index (χ0v) is 11.7. The van der Waals surface area contributed by atoms with E-state index in [0.29, 0.717) is 12.1 Å². The molecule has 0 aliphatic heterocycles. The van der Waals surface area contributed by atoms with Crippen LogP contribution in [0.15, 0.2) is 47.4 Å². The molecule has 1 aromatic carbocycles. The van der Waals surface area contributed by atoms with Crippen LogP contribution in [0.25, 0.3) is 0 Å². The van der Waals surface area contributed by atoms with Crippen LogP contribution in [0.3, 0.4) is 0 Å². The number of aromatic amines is 1. The summed E-state index contributed by atoms with van der Waals surface area (Å²) in [6, 6.07) is 10.8. The molecule has 19 heavy (non-hydrogen) atoms. The van der Waals surface area contributed by atoms with Crippen LogP contribution in [0.5, 0.6) is 0 Å². The number of H-pyrrole nitrogens is 1. The van der Waals surface area contributed by atoms with Crippen molar-refractivity contribution in [2.24, 2.45) is 0 Å². The number of halogens is 1. The molecule has 0 saturated carbocycles. The monoisotopic (exact) mass is 320 g/mol. The molecular weight excluding hydrogens is 308 g/mol. The van der Waals surface area contributed by atoms with Gasteiger partial charge in [0.05, 0.1) is 0 Å². The van der Waals surface area contributed by atoms with Gasteiger partial charge in [-0.2, -0.15) is 0 Å². The van der Waals surface area contributed by atoms with Crippen molar-refractivity contribution in [3.05, 3.63) is 69.6 Å². The second-order valence-electron chi connectivity index (χ2n) is 4.08. The Morgan fingerprint density at radius 3 is 2.74 bits per heavy atom. The minimum absolute atomic E-state index is 0.254. The molecule has 0 unspecified atom stereocenters. The molecule has 0 spiro atoms. The zero-order valence-electron chi connectivity index (χ0n) is 10.2. The Bertz CT molecular complexity index is 637. The lowest BCUT2D eigenvalue weighted by Crippen LogP contribution is -2.24. The van der Waals surface area contributed by atoms with Crippen molar-refractivity contribution < 1.29 is 4.79 Å². The van der Waals surface area contributed by atoms with Gasteiger partial charge in [-0.1, -0.05) is 40.2 Å². The summed E-state index contributed by atoms with van der Waals surface area (Å²) < 4.78 is 0. The average molecular weight is 321 g/mol. The Balaban J connectivity index is 2.02. The number of aromatic nitrogens is 1. The maximum Gasteiger partial charge on any atom is 0.251 e. The fourth-order valence-electron chi connectivity index (χ4n) is 1.69. The summed E-state index contributed by atoms with van der Waals surface area (Å²) in [6.07, 6.45) is 1.46. The summed E-state index contributed by atoms with van der Waals surface area (Å²) in [6.45, 7) is 0.437. The summed E-state index contributed by atoms with van der Waals surface area (Å²) in [5.74, 6) is -0.254. The Kier molecular flexibility index (Phi) is 4.52. The van der Waals surface area contributed by atoms with Gasteiger partial charge in [-0.15, -0.1) is 0 Å². The third-order valence-corrected chi connectivity index (χ3v) is 3.28. The van der Waals surface area contributed by atoms with Gasteiger partial charge in [-0.3, -0.25) is 9.59 Å². The molecule has 0 bridgehead atoms. The van der Waals surface area contributed by atoms with E-state index in [1.165, 1.54) is 12.3 Å².